The number of ketones is 1. The first-order valence-electron chi connectivity index (χ1n) is 10.7. The van der Waals surface area contributed by atoms with Crippen LogP contribution in [-0.2, 0) is 0 Å². The van der Waals surface area contributed by atoms with Crippen molar-refractivity contribution in [1.82, 2.24) is 34.7 Å². The minimum absolute atomic E-state index is 0.0818. The van der Waals surface area contributed by atoms with Gasteiger partial charge in [0, 0.05) is 29.7 Å². The summed E-state index contributed by atoms with van der Waals surface area (Å²) in [4.78, 5) is 45.6. The van der Waals surface area contributed by atoms with Crippen LogP contribution in [0.3, 0.4) is 0 Å². The van der Waals surface area contributed by atoms with Crippen LogP contribution in [0.5, 0.6) is 0 Å². The Morgan fingerprint density at radius 2 is 1.91 bits per heavy atom. The average Bonchev–Trinajstić information content (AvgIpc) is 3.54. The number of pyridine rings is 1. The van der Waals surface area contributed by atoms with Crippen molar-refractivity contribution in [3.8, 4) is 11.4 Å². The molecule has 5 aromatic rings. The number of Topliss-reactive ketones (excluding diaryl/α,β-unsaturated/α-hetero) is 1. The average molecular weight is 470 g/mol. The SMILES string of the molecule is CC(C)c1cnc(-c2ccc(F)cc2)nc1Nc1ccnc2[nH]cc(C(=O)C(=O)n3cncn3)c12. The molecule has 11 heteroatoms. The second-order valence-corrected chi connectivity index (χ2v) is 8.04. The third-order valence-corrected chi connectivity index (χ3v) is 5.43. The van der Waals surface area contributed by atoms with Crippen LogP contribution >= 0.6 is 0 Å². The van der Waals surface area contributed by atoms with Crippen molar-refractivity contribution in [3.63, 3.8) is 0 Å². The van der Waals surface area contributed by atoms with E-state index >= 15 is 0 Å². The van der Waals surface area contributed by atoms with Crippen LogP contribution in [0.4, 0.5) is 15.9 Å². The Morgan fingerprint density at radius 1 is 1.11 bits per heavy atom. The fourth-order valence-corrected chi connectivity index (χ4v) is 3.65. The van der Waals surface area contributed by atoms with Crippen molar-refractivity contribution < 1.29 is 14.0 Å². The summed E-state index contributed by atoms with van der Waals surface area (Å²) in [6.45, 7) is 4.01. The first kappa shape index (κ1) is 22.0. The lowest BCUT2D eigenvalue weighted by Crippen LogP contribution is -2.22. The molecule has 0 fully saturated rings. The summed E-state index contributed by atoms with van der Waals surface area (Å²) in [5, 5.41) is 7.47. The van der Waals surface area contributed by atoms with Gasteiger partial charge in [-0.1, -0.05) is 13.8 Å². The first-order valence-corrected chi connectivity index (χ1v) is 10.7. The fraction of sp³-hybridized carbons (Fsp3) is 0.125. The summed E-state index contributed by atoms with van der Waals surface area (Å²) in [6.07, 6.45) is 7.07. The van der Waals surface area contributed by atoms with Crippen LogP contribution in [0.25, 0.3) is 22.4 Å². The number of aromatic nitrogens is 7. The first-order chi connectivity index (χ1) is 16.9. The smallest absolute Gasteiger partial charge is 0.320 e. The number of hydrogen-bond donors (Lipinski definition) is 2. The van der Waals surface area contributed by atoms with E-state index in [0.717, 1.165) is 10.2 Å². The van der Waals surface area contributed by atoms with Gasteiger partial charge in [0.25, 0.3) is 5.78 Å². The van der Waals surface area contributed by atoms with Gasteiger partial charge in [-0.25, -0.2) is 24.3 Å². The number of benzene rings is 1. The Balaban J connectivity index is 1.58. The highest BCUT2D eigenvalue weighted by Crippen LogP contribution is 2.32. The van der Waals surface area contributed by atoms with Gasteiger partial charge in [0.1, 0.15) is 29.9 Å². The Labute approximate surface area is 198 Å². The van der Waals surface area contributed by atoms with E-state index in [1.54, 1.807) is 30.6 Å². The number of H-pyrrole nitrogens is 1. The lowest BCUT2D eigenvalue weighted by atomic mass is 10.0. The van der Waals surface area contributed by atoms with E-state index in [-0.39, 0.29) is 17.3 Å². The number of fused-ring (bicyclic) bond motifs is 1. The van der Waals surface area contributed by atoms with Crippen LogP contribution in [0, 0.1) is 5.82 Å². The third kappa shape index (κ3) is 4.14. The fourth-order valence-electron chi connectivity index (χ4n) is 3.65. The number of nitrogens with one attached hydrogen (secondary N) is 2. The molecule has 0 amide bonds. The molecule has 4 aromatic heterocycles. The number of anilines is 2. The molecular formula is C24H19FN8O2. The zero-order chi connectivity index (χ0) is 24.5. The van der Waals surface area contributed by atoms with Crippen molar-refractivity contribution in [3.05, 3.63) is 78.5 Å². The minimum Gasteiger partial charge on any atom is -0.345 e. The maximum atomic E-state index is 13.4. The summed E-state index contributed by atoms with van der Waals surface area (Å²) in [6, 6.07) is 7.59. The summed E-state index contributed by atoms with van der Waals surface area (Å²) < 4.78 is 14.3. The van der Waals surface area contributed by atoms with Gasteiger partial charge in [0.05, 0.1) is 16.6 Å². The molecule has 0 saturated carbocycles. The molecule has 0 radical (unpaired) electrons. The number of rotatable bonds is 6. The molecule has 2 N–H and O–H groups in total. The number of halogens is 1. The van der Waals surface area contributed by atoms with E-state index < -0.39 is 11.7 Å². The predicted octanol–water partition coefficient (Wildman–Crippen LogP) is 4.14. The van der Waals surface area contributed by atoms with E-state index in [2.05, 4.69) is 35.3 Å². The zero-order valence-corrected chi connectivity index (χ0v) is 18.7. The van der Waals surface area contributed by atoms with Crippen molar-refractivity contribution in [2.24, 2.45) is 0 Å². The molecule has 0 spiro atoms. The molecule has 0 aliphatic carbocycles. The molecule has 174 valence electrons. The molecule has 0 aliphatic rings. The highest BCUT2D eigenvalue weighted by Gasteiger charge is 2.25. The summed E-state index contributed by atoms with van der Waals surface area (Å²) >= 11 is 0. The maximum Gasteiger partial charge on any atom is 0.320 e. The van der Waals surface area contributed by atoms with Crippen molar-refractivity contribution in [2.45, 2.75) is 19.8 Å². The van der Waals surface area contributed by atoms with Crippen molar-refractivity contribution in [1.29, 1.82) is 0 Å². The molecule has 0 saturated heterocycles. The van der Waals surface area contributed by atoms with E-state index in [9.17, 15) is 14.0 Å². The molecule has 0 unspecified atom stereocenters. The molecule has 10 nitrogen and oxygen atoms in total. The Kier molecular flexibility index (Phi) is 5.57. The Morgan fingerprint density at radius 3 is 2.63 bits per heavy atom. The highest BCUT2D eigenvalue weighted by atomic mass is 19.1. The van der Waals surface area contributed by atoms with Crippen LogP contribution in [0.15, 0.2) is 61.6 Å². The third-order valence-electron chi connectivity index (χ3n) is 5.43. The number of carbonyl (C=O) groups excluding carboxylic acids is 2. The van der Waals surface area contributed by atoms with Gasteiger partial charge in [-0.15, -0.1) is 0 Å². The number of nitrogens with zero attached hydrogens (tertiary/aromatic N) is 6. The van der Waals surface area contributed by atoms with Gasteiger partial charge in [-0.05, 0) is 36.2 Å². The molecule has 1 aromatic carbocycles. The molecule has 0 atom stereocenters. The molecule has 35 heavy (non-hydrogen) atoms. The monoisotopic (exact) mass is 470 g/mol. The normalized spacial score (nSPS) is 11.2. The zero-order valence-electron chi connectivity index (χ0n) is 18.7. The second-order valence-electron chi connectivity index (χ2n) is 8.04. The van der Waals surface area contributed by atoms with Gasteiger partial charge in [-0.3, -0.25) is 9.59 Å². The summed E-state index contributed by atoms with van der Waals surface area (Å²) in [5.41, 5.74) is 2.57. The topological polar surface area (TPSA) is 131 Å². The molecule has 0 bridgehead atoms. The van der Waals surface area contributed by atoms with Crippen molar-refractivity contribution in [2.75, 3.05) is 5.32 Å². The van der Waals surface area contributed by atoms with Gasteiger partial charge >= 0.3 is 5.91 Å². The largest absolute Gasteiger partial charge is 0.345 e. The highest BCUT2D eigenvalue weighted by molar-refractivity contribution is 6.45. The Hall–Kier alpha value is -4.80. The van der Waals surface area contributed by atoms with Crippen LogP contribution in [0.1, 0.15) is 40.5 Å². The number of hydrogen-bond acceptors (Lipinski definition) is 8. The quantitative estimate of drug-likeness (QED) is 0.280. The minimum atomic E-state index is -0.846. The number of aromatic amines is 1. The van der Waals surface area contributed by atoms with E-state index in [1.807, 2.05) is 13.8 Å². The van der Waals surface area contributed by atoms with Crippen LogP contribution in [0.2, 0.25) is 0 Å². The van der Waals surface area contributed by atoms with Gasteiger partial charge in [-0.2, -0.15) is 9.78 Å². The molecule has 0 aliphatic heterocycles. The standard InChI is InChI=1S/C24H19FN8O2/c1-13(2)16-9-28-21(14-3-5-15(25)6-4-14)32-22(16)31-18-7-8-27-23-19(18)17(10-29-23)20(34)24(35)33-12-26-11-30-33/h3-13H,1-2H3,(H2,27,28,29,31,32). The second kappa shape index (κ2) is 8.86. The van der Waals surface area contributed by atoms with E-state index in [4.69, 9.17) is 0 Å². The van der Waals surface area contributed by atoms with Gasteiger partial charge in [0.2, 0.25) is 0 Å². The predicted molar refractivity (Wildman–Crippen MR) is 126 cm³/mol. The molecule has 5 rings (SSSR count). The van der Waals surface area contributed by atoms with Crippen LogP contribution in [-0.4, -0.2) is 46.4 Å². The van der Waals surface area contributed by atoms with E-state index in [0.29, 0.717) is 33.9 Å². The Bertz CT molecular complexity index is 1540. The molecular weight excluding hydrogens is 451 g/mol. The van der Waals surface area contributed by atoms with Crippen LogP contribution < -0.4 is 5.32 Å². The number of carbonyl (C=O) groups is 2. The summed E-state index contributed by atoms with van der Waals surface area (Å²) in [5.74, 6) is -0.954. The van der Waals surface area contributed by atoms with Crippen molar-refractivity contribution >= 4 is 34.2 Å². The molecule has 4 heterocycles. The maximum absolute atomic E-state index is 13.4. The summed E-state index contributed by atoms with van der Waals surface area (Å²) in [7, 11) is 0. The van der Waals surface area contributed by atoms with Gasteiger partial charge < -0.3 is 10.3 Å². The lowest BCUT2D eigenvalue weighted by Gasteiger charge is -2.15. The van der Waals surface area contributed by atoms with Gasteiger partial charge in [0.15, 0.2) is 5.82 Å². The lowest BCUT2D eigenvalue weighted by molar-refractivity contribution is 0.0755. The van der Waals surface area contributed by atoms with E-state index in [1.165, 1.54) is 31.0 Å².